The van der Waals surface area contributed by atoms with Crippen molar-refractivity contribution < 1.29 is 23.5 Å². The highest BCUT2D eigenvalue weighted by Gasteiger charge is 2.32. The van der Waals surface area contributed by atoms with Gasteiger partial charge in [0.05, 0.1) is 12.5 Å². The highest BCUT2D eigenvalue weighted by molar-refractivity contribution is 6.32. The lowest BCUT2D eigenvalue weighted by Crippen LogP contribution is -2.51. The van der Waals surface area contributed by atoms with Crippen LogP contribution in [0.3, 0.4) is 0 Å². The molecule has 54 heavy (non-hydrogen) atoms. The molecule has 284 valence electrons. The molecule has 3 aliphatic rings. The van der Waals surface area contributed by atoms with E-state index < -0.39 is 11.9 Å². The number of halogens is 2. The van der Waals surface area contributed by atoms with Gasteiger partial charge in [0.25, 0.3) is 5.56 Å². The lowest BCUT2D eigenvalue weighted by Gasteiger charge is -2.40. The number of pyridine rings is 2. The van der Waals surface area contributed by atoms with Gasteiger partial charge in [0.1, 0.15) is 17.6 Å². The van der Waals surface area contributed by atoms with Gasteiger partial charge >= 0.3 is 6.03 Å². The van der Waals surface area contributed by atoms with Crippen LogP contribution in [-0.4, -0.2) is 94.5 Å². The molecule has 0 radical (unpaired) electrons. The maximum absolute atomic E-state index is 15.3. The predicted molar refractivity (Wildman–Crippen MR) is 205 cm³/mol. The molecule has 4 amide bonds. The van der Waals surface area contributed by atoms with Crippen LogP contribution in [0.5, 0.6) is 5.75 Å². The quantitative estimate of drug-likeness (QED) is 0.225. The van der Waals surface area contributed by atoms with Crippen molar-refractivity contribution >= 4 is 45.9 Å². The Morgan fingerprint density at radius 1 is 1.04 bits per heavy atom. The zero-order valence-electron chi connectivity index (χ0n) is 30.7. The molecule has 14 heteroatoms. The standard InChI is InChI=1S/C40H45ClFN7O5/c1-46-22-31(29-8-13-43-21-30(29)39(46)52)25-18-33(41)32(36(19-25)54-3)23-48-14-11-27(12-15-48)47(2)40(53)49-16-9-24(10-17-49)28-5-4-26(20-34(28)42)44-35-6-7-37(50)45-38(35)51/h4-5,8,13,18-22,24,27,35,44H,6-7,9-12,14-17,23H2,1-3H3,(H,45,50,51). The second kappa shape index (κ2) is 15.8. The summed E-state index contributed by atoms with van der Waals surface area (Å²) in [6.07, 6.45) is 8.64. The number of amides is 4. The molecule has 5 heterocycles. The Morgan fingerprint density at radius 3 is 2.50 bits per heavy atom. The molecule has 2 N–H and O–H groups in total. The number of carbonyl (C=O) groups excluding carboxylic acids is 3. The van der Waals surface area contributed by atoms with Gasteiger partial charge in [-0.05, 0) is 84.9 Å². The molecule has 2 aromatic heterocycles. The minimum atomic E-state index is -0.577. The van der Waals surface area contributed by atoms with Crippen LogP contribution in [-0.2, 0) is 23.2 Å². The SMILES string of the molecule is COc1cc(-c2cn(C)c(=O)c3cnccc23)cc(Cl)c1CN1CCC(N(C)C(=O)N2CCC(c3ccc(NC4CCC(=O)NC4=O)cc3F)CC2)CC1. The van der Waals surface area contributed by atoms with Crippen LogP contribution >= 0.6 is 11.6 Å². The number of aryl methyl sites for hydroxylation is 1. The second-order valence-corrected chi connectivity index (χ2v) is 15.0. The average Bonchev–Trinajstić information content (AvgIpc) is 3.18. The Hall–Kier alpha value is -5.01. The lowest BCUT2D eigenvalue weighted by molar-refractivity contribution is -0.133. The van der Waals surface area contributed by atoms with Gasteiger partial charge in [-0.15, -0.1) is 0 Å². The highest BCUT2D eigenvalue weighted by atomic mass is 35.5. The predicted octanol–water partition coefficient (Wildman–Crippen LogP) is 5.51. The first-order chi connectivity index (χ1) is 26.0. The Labute approximate surface area is 318 Å². The van der Waals surface area contributed by atoms with E-state index in [-0.39, 0.29) is 41.7 Å². The number of likely N-dealkylation sites (tertiary alicyclic amines) is 2. The molecule has 1 unspecified atom stereocenters. The third kappa shape index (κ3) is 7.65. The van der Waals surface area contributed by atoms with Crippen LogP contribution in [0, 0.1) is 5.82 Å². The number of benzene rings is 2. The molecule has 2 aromatic carbocycles. The van der Waals surface area contributed by atoms with Gasteiger partial charge in [-0.2, -0.15) is 0 Å². The van der Waals surface area contributed by atoms with Gasteiger partial charge in [-0.1, -0.05) is 17.7 Å². The van der Waals surface area contributed by atoms with Crippen molar-refractivity contribution in [3.8, 4) is 16.9 Å². The van der Waals surface area contributed by atoms with Gasteiger partial charge in [0.2, 0.25) is 11.8 Å². The van der Waals surface area contributed by atoms with Gasteiger partial charge in [0, 0.05) is 99.7 Å². The smallest absolute Gasteiger partial charge is 0.319 e. The molecule has 0 bridgehead atoms. The molecule has 1 atom stereocenters. The summed E-state index contributed by atoms with van der Waals surface area (Å²) >= 11 is 6.93. The first-order valence-electron chi connectivity index (χ1n) is 18.4. The summed E-state index contributed by atoms with van der Waals surface area (Å²) in [7, 11) is 5.23. The summed E-state index contributed by atoms with van der Waals surface area (Å²) in [4.78, 5) is 60.1. The molecule has 3 saturated heterocycles. The van der Waals surface area contributed by atoms with Gasteiger partial charge in [-0.3, -0.25) is 29.6 Å². The average molecular weight is 758 g/mol. The van der Waals surface area contributed by atoms with E-state index in [2.05, 4.69) is 20.5 Å². The Bertz CT molecular complexity index is 2150. The molecule has 0 spiro atoms. The molecule has 4 aromatic rings. The monoisotopic (exact) mass is 757 g/mol. The summed E-state index contributed by atoms with van der Waals surface area (Å²) < 4.78 is 22.7. The van der Waals surface area contributed by atoms with Gasteiger partial charge in [-0.25, -0.2) is 9.18 Å². The summed E-state index contributed by atoms with van der Waals surface area (Å²) in [6.45, 7) is 3.27. The number of hydrogen-bond donors (Lipinski definition) is 2. The van der Waals surface area contributed by atoms with E-state index in [0.717, 1.165) is 48.0 Å². The first kappa shape index (κ1) is 37.3. The molecule has 7 rings (SSSR count). The topological polar surface area (TPSA) is 129 Å². The fraction of sp³-hybridized carbons (Fsp3) is 0.425. The number of piperidine rings is 3. The molecule has 3 aliphatic heterocycles. The van der Waals surface area contributed by atoms with E-state index in [1.54, 1.807) is 43.3 Å². The third-order valence-corrected chi connectivity index (χ3v) is 11.6. The minimum absolute atomic E-state index is 0.00169. The minimum Gasteiger partial charge on any atom is -0.496 e. The molecule has 12 nitrogen and oxygen atoms in total. The van der Waals surface area contributed by atoms with Crippen molar-refractivity contribution in [1.82, 2.24) is 29.6 Å². The summed E-state index contributed by atoms with van der Waals surface area (Å²) in [6, 6.07) is 10.2. The Balaban J connectivity index is 0.923. The fourth-order valence-electron chi connectivity index (χ4n) is 8.07. The highest BCUT2D eigenvalue weighted by Crippen LogP contribution is 2.37. The first-order valence-corrected chi connectivity index (χ1v) is 18.8. The van der Waals surface area contributed by atoms with Crippen LogP contribution in [0.4, 0.5) is 14.9 Å². The normalized spacial score (nSPS) is 18.8. The van der Waals surface area contributed by atoms with Crippen molar-refractivity contribution in [3.63, 3.8) is 0 Å². The number of nitrogens with one attached hydrogen (secondary N) is 2. The molecule has 0 saturated carbocycles. The molecular formula is C40H45ClFN7O5. The van der Waals surface area contributed by atoms with E-state index in [1.807, 2.05) is 41.2 Å². The number of hydrogen-bond acceptors (Lipinski definition) is 8. The van der Waals surface area contributed by atoms with Crippen molar-refractivity contribution in [2.45, 2.75) is 63.1 Å². The lowest BCUT2D eigenvalue weighted by atomic mass is 9.89. The van der Waals surface area contributed by atoms with E-state index >= 15 is 4.39 Å². The Kier molecular flexibility index (Phi) is 10.9. The third-order valence-electron chi connectivity index (χ3n) is 11.2. The number of urea groups is 1. The number of rotatable bonds is 8. The number of aromatic nitrogens is 2. The summed E-state index contributed by atoms with van der Waals surface area (Å²) in [5.41, 5.74) is 3.59. The summed E-state index contributed by atoms with van der Waals surface area (Å²) in [5.74, 6) is -0.375. The molecule has 3 fully saturated rings. The maximum Gasteiger partial charge on any atom is 0.319 e. The van der Waals surface area contributed by atoms with Crippen LogP contribution in [0.2, 0.25) is 5.02 Å². The zero-order chi connectivity index (χ0) is 38.1. The number of carbonyl (C=O) groups is 3. The number of anilines is 1. The van der Waals surface area contributed by atoms with Crippen molar-refractivity contribution in [1.29, 1.82) is 0 Å². The van der Waals surface area contributed by atoms with E-state index in [9.17, 15) is 19.2 Å². The second-order valence-electron chi connectivity index (χ2n) is 14.6. The van der Waals surface area contributed by atoms with E-state index in [1.165, 1.54) is 6.07 Å². The maximum atomic E-state index is 15.3. The van der Waals surface area contributed by atoms with E-state index in [4.69, 9.17) is 16.3 Å². The number of imide groups is 1. The van der Waals surface area contributed by atoms with Gasteiger partial charge in [0.15, 0.2) is 0 Å². The largest absolute Gasteiger partial charge is 0.496 e. The zero-order valence-corrected chi connectivity index (χ0v) is 31.5. The van der Waals surface area contributed by atoms with Crippen molar-refractivity contribution in [3.05, 3.63) is 87.3 Å². The van der Waals surface area contributed by atoms with Crippen LogP contribution in [0.25, 0.3) is 21.9 Å². The van der Waals surface area contributed by atoms with Crippen LogP contribution in [0.1, 0.15) is 55.6 Å². The van der Waals surface area contributed by atoms with Crippen molar-refractivity contribution in [2.24, 2.45) is 7.05 Å². The Morgan fingerprint density at radius 2 is 1.80 bits per heavy atom. The number of ether oxygens (including phenoxy) is 1. The number of fused-ring (bicyclic) bond motifs is 1. The van der Waals surface area contributed by atoms with Gasteiger partial charge < -0.3 is 24.4 Å². The number of nitrogens with zero attached hydrogens (tertiary/aromatic N) is 5. The number of methoxy groups -OCH3 is 1. The van der Waals surface area contributed by atoms with Crippen LogP contribution < -0.4 is 20.9 Å². The van der Waals surface area contributed by atoms with Crippen molar-refractivity contribution in [2.75, 3.05) is 45.7 Å². The fourth-order valence-corrected chi connectivity index (χ4v) is 8.34. The molecule has 0 aliphatic carbocycles. The van der Waals surface area contributed by atoms with Crippen LogP contribution in [0.15, 0.2) is 59.8 Å². The molecular weight excluding hydrogens is 713 g/mol. The van der Waals surface area contributed by atoms with E-state index in [0.29, 0.717) is 66.3 Å². The summed E-state index contributed by atoms with van der Waals surface area (Å²) in [5, 5.41) is 7.26.